The number of anilines is 2. The summed E-state index contributed by atoms with van der Waals surface area (Å²) >= 11 is 12.1. The van der Waals surface area contributed by atoms with E-state index in [0.717, 1.165) is 48.2 Å². The number of carbonyl (C=O) groups excluding carboxylic acids is 4. The molecule has 3 N–H and O–H groups in total. The first-order valence-corrected chi connectivity index (χ1v) is 23.4. The van der Waals surface area contributed by atoms with Gasteiger partial charge in [-0.2, -0.15) is 5.26 Å². The average Bonchev–Trinajstić information content (AvgIpc) is 3.99. The van der Waals surface area contributed by atoms with Crippen molar-refractivity contribution in [3.8, 4) is 23.1 Å². The van der Waals surface area contributed by atoms with Gasteiger partial charge in [-0.05, 0) is 122 Å². The van der Waals surface area contributed by atoms with Crippen LogP contribution in [0.3, 0.4) is 0 Å². The molecule has 67 heavy (non-hydrogen) atoms. The van der Waals surface area contributed by atoms with Gasteiger partial charge < -0.3 is 39.4 Å². The highest BCUT2D eigenvalue weighted by Gasteiger charge is 2.53. The van der Waals surface area contributed by atoms with Gasteiger partial charge in [-0.25, -0.2) is 4.98 Å². The molecule has 2 aliphatic heterocycles. The summed E-state index contributed by atoms with van der Waals surface area (Å²) in [5.74, 6) is 0.713. The van der Waals surface area contributed by atoms with E-state index in [1.807, 2.05) is 94.1 Å². The van der Waals surface area contributed by atoms with Crippen molar-refractivity contribution >= 4 is 63.9 Å². The van der Waals surface area contributed by atoms with E-state index in [2.05, 4.69) is 15.6 Å². The molecule has 0 radical (unpaired) electrons. The molecule has 3 aromatic carbocycles. The van der Waals surface area contributed by atoms with Crippen LogP contribution >= 0.6 is 23.8 Å². The molecule has 4 aromatic rings. The van der Waals surface area contributed by atoms with Crippen molar-refractivity contribution in [3.05, 3.63) is 95.5 Å². The summed E-state index contributed by atoms with van der Waals surface area (Å²) in [5, 5.41) is 26.2. The van der Waals surface area contributed by atoms with Gasteiger partial charge in [0.05, 0.1) is 41.8 Å². The van der Waals surface area contributed by atoms with Crippen LogP contribution in [0, 0.1) is 34.0 Å². The summed E-state index contributed by atoms with van der Waals surface area (Å²) in [6.07, 6.45) is 6.38. The summed E-state index contributed by atoms with van der Waals surface area (Å²) in [6.45, 7) is 10.3. The standard InChI is InChI=1S/C50H56ClN7O8S/c1-48(2,3)43(45(62)56-25-37(59)17-40(56)44(61)54-23-30-6-8-33(9-7-30)41-24-53-29-66-41)55-42(60)28-64-26-31-18-50(19-31)20-32(21-50)27-65-38-14-12-35(13-15-38)58-47(67)57(46(63)49(58,4)5)36-11-10-34(22-52)39(51)16-36/h6-16,24,29,31-32,37,40,43,59H,17-21,23,25-28H2,1-5H3,(H,54,61)(H,55,60)/t31?,32?,37-,40+,43?,50?/m1/s1. The second-order valence-corrected chi connectivity index (χ2v) is 20.8. The summed E-state index contributed by atoms with van der Waals surface area (Å²) in [6, 6.07) is 20.1. The summed E-state index contributed by atoms with van der Waals surface area (Å²) in [5.41, 5.74) is 1.90. The zero-order valence-electron chi connectivity index (χ0n) is 38.3. The highest BCUT2D eigenvalue weighted by molar-refractivity contribution is 7.81. The maximum Gasteiger partial charge on any atom is 0.259 e. The van der Waals surface area contributed by atoms with E-state index in [1.54, 1.807) is 24.4 Å². The molecular formula is C50H56ClN7O8S. The maximum absolute atomic E-state index is 14.0. The Labute approximate surface area is 400 Å². The number of nitriles is 1. The maximum atomic E-state index is 14.0. The van der Waals surface area contributed by atoms with Crippen LogP contribution in [0.5, 0.6) is 5.75 Å². The van der Waals surface area contributed by atoms with Crippen molar-refractivity contribution in [2.75, 3.05) is 36.2 Å². The molecule has 17 heteroatoms. The largest absolute Gasteiger partial charge is 0.493 e. The van der Waals surface area contributed by atoms with Gasteiger partial charge in [-0.15, -0.1) is 0 Å². The third-order valence-electron chi connectivity index (χ3n) is 13.5. The number of carbonyl (C=O) groups is 4. The lowest BCUT2D eigenvalue weighted by Crippen LogP contribution is -2.58. The van der Waals surface area contributed by atoms with Crippen molar-refractivity contribution in [1.29, 1.82) is 5.26 Å². The number of hydrogen-bond donors (Lipinski definition) is 3. The minimum Gasteiger partial charge on any atom is -0.493 e. The molecule has 15 nitrogen and oxygen atoms in total. The van der Waals surface area contributed by atoms with Gasteiger partial charge in [0, 0.05) is 30.8 Å². The van der Waals surface area contributed by atoms with Crippen molar-refractivity contribution in [2.24, 2.45) is 22.7 Å². The Bertz CT molecular complexity index is 2540. The monoisotopic (exact) mass is 949 g/mol. The fraction of sp³-hybridized carbons (Fsp3) is 0.460. The first kappa shape index (κ1) is 47.6. The van der Waals surface area contributed by atoms with Crippen molar-refractivity contribution < 1.29 is 38.2 Å². The Morgan fingerprint density at radius 3 is 2.31 bits per heavy atom. The molecule has 1 aromatic heterocycles. The van der Waals surface area contributed by atoms with Gasteiger partial charge in [-0.1, -0.05) is 56.6 Å². The molecule has 4 amide bonds. The topological polar surface area (TPSA) is 191 Å². The number of aliphatic hydroxyl groups excluding tert-OH is 1. The van der Waals surface area contributed by atoms with Gasteiger partial charge in [0.25, 0.3) is 5.91 Å². The second-order valence-electron chi connectivity index (χ2n) is 20.0. The van der Waals surface area contributed by atoms with Gasteiger partial charge in [0.15, 0.2) is 17.3 Å². The van der Waals surface area contributed by atoms with Crippen LogP contribution in [0.15, 0.2) is 83.7 Å². The number of thiocarbonyl (C=S) groups is 1. The van der Waals surface area contributed by atoms with Crippen LogP contribution in [0.4, 0.5) is 11.4 Å². The number of ether oxygens (including phenoxy) is 2. The van der Waals surface area contributed by atoms with Crippen molar-refractivity contribution in [3.63, 3.8) is 0 Å². The van der Waals surface area contributed by atoms with Gasteiger partial charge >= 0.3 is 0 Å². The minimum atomic E-state index is -0.962. The second kappa shape index (κ2) is 19.0. The number of β-amino-alcohol motifs (C(OH)–C–C–N with tert-alkyl or cyclic N) is 1. The number of aliphatic hydroxyl groups is 1. The molecule has 0 bridgehead atoms. The smallest absolute Gasteiger partial charge is 0.259 e. The number of amides is 4. The average molecular weight is 951 g/mol. The molecule has 3 heterocycles. The molecule has 8 rings (SSSR count). The predicted molar refractivity (Wildman–Crippen MR) is 255 cm³/mol. The van der Waals surface area contributed by atoms with Crippen LogP contribution in [0.25, 0.3) is 11.3 Å². The van der Waals surface area contributed by atoms with Crippen LogP contribution in [-0.4, -0.2) is 93.8 Å². The molecule has 1 unspecified atom stereocenters. The van der Waals surface area contributed by atoms with Crippen LogP contribution < -0.4 is 25.2 Å². The van der Waals surface area contributed by atoms with E-state index in [9.17, 15) is 29.5 Å². The Morgan fingerprint density at radius 1 is 1.01 bits per heavy atom. The Hall–Kier alpha value is -5.86. The number of nitrogens with zero attached hydrogens (tertiary/aromatic N) is 5. The van der Waals surface area contributed by atoms with E-state index in [1.165, 1.54) is 16.2 Å². The quantitative estimate of drug-likeness (QED) is 0.106. The van der Waals surface area contributed by atoms with Crippen molar-refractivity contribution in [2.45, 2.75) is 97.0 Å². The Balaban J connectivity index is 0.750. The zero-order chi connectivity index (χ0) is 47.8. The number of rotatable bonds is 15. The molecule has 4 fully saturated rings. The number of likely N-dealkylation sites (tertiary alicyclic amines) is 1. The molecule has 2 saturated heterocycles. The molecule has 2 aliphatic carbocycles. The summed E-state index contributed by atoms with van der Waals surface area (Å²) in [4.78, 5) is 62.8. The highest BCUT2D eigenvalue weighted by atomic mass is 35.5. The molecular weight excluding hydrogens is 894 g/mol. The van der Waals surface area contributed by atoms with Crippen molar-refractivity contribution in [1.82, 2.24) is 20.5 Å². The lowest BCUT2D eigenvalue weighted by molar-refractivity contribution is -0.145. The van der Waals surface area contributed by atoms with Gasteiger partial charge in [-0.3, -0.25) is 24.1 Å². The third kappa shape index (κ3) is 10.1. The van der Waals surface area contributed by atoms with E-state index in [4.69, 9.17) is 37.7 Å². The van der Waals surface area contributed by atoms with E-state index < -0.39 is 41.0 Å². The first-order valence-electron chi connectivity index (χ1n) is 22.6. The number of nitrogens with one attached hydrogen (secondary N) is 2. The van der Waals surface area contributed by atoms with Gasteiger partial charge in [0.1, 0.15) is 36.0 Å². The zero-order valence-corrected chi connectivity index (χ0v) is 39.9. The SMILES string of the molecule is CC(C)(C)C(NC(=O)COCC1CC2(C1)CC(COc1ccc(N3C(=S)N(c4ccc(C#N)c(Cl)c4)C(=O)C3(C)C)cc1)C2)C(=O)N1C[C@H](O)C[C@H]1C(=O)NCc1ccc(-c2cnco2)cc1. The van der Waals surface area contributed by atoms with E-state index >= 15 is 0 Å². The van der Waals surface area contributed by atoms with E-state index in [0.29, 0.717) is 47.2 Å². The number of halogens is 1. The van der Waals surface area contributed by atoms with E-state index in [-0.39, 0.29) is 48.4 Å². The lowest BCUT2D eigenvalue weighted by atomic mass is 9.48. The van der Waals surface area contributed by atoms with Gasteiger partial charge in [0.2, 0.25) is 17.7 Å². The van der Waals surface area contributed by atoms with Crippen LogP contribution in [-0.2, 0) is 30.5 Å². The minimum absolute atomic E-state index is 0.0120. The predicted octanol–water partition coefficient (Wildman–Crippen LogP) is 6.79. The lowest BCUT2D eigenvalue weighted by Gasteiger charge is -2.57. The fourth-order valence-electron chi connectivity index (χ4n) is 10.1. The highest BCUT2D eigenvalue weighted by Crippen LogP contribution is 2.61. The molecule has 352 valence electrons. The third-order valence-corrected chi connectivity index (χ3v) is 14.2. The first-order chi connectivity index (χ1) is 31.9. The Morgan fingerprint density at radius 2 is 1.69 bits per heavy atom. The number of aromatic nitrogens is 1. The molecule has 1 spiro atoms. The molecule has 2 saturated carbocycles. The molecule has 3 atom stereocenters. The number of benzene rings is 3. The van der Waals surface area contributed by atoms with Crippen LogP contribution in [0.1, 0.15) is 77.8 Å². The number of hydrogen-bond acceptors (Lipinski definition) is 11. The Kier molecular flexibility index (Phi) is 13.5. The fourth-order valence-corrected chi connectivity index (χ4v) is 10.8. The molecule has 4 aliphatic rings. The van der Waals surface area contributed by atoms with Crippen LogP contribution in [0.2, 0.25) is 5.02 Å². The number of oxazole rings is 1. The normalized spacial score (nSPS) is 23.6. The summed E-state index contributed by atoms with van der Waals surface area (Å²) in [7, 11) is 0. The summed E-state index contributed by atoms with van der Waals surface area (Å²) < 4.78 is 17.4.